The maximum absolute atomic E-state index is 13.2. The van der Waals surface area contributed by atoms with Gasteiger partial charge in [0.05, 0.1) is 6.33 Å². The number of halogens is 1. The van der Waals surface area contributed by atoms with Crippen LogP contribution in [-0.4, -0.2) is 26.1 Å². The molecule has 4 nitrogen and oxygen atoms in total. The van der Waals surface area contributed by atoms with Crippen molar-refractivity contribution in [2.45, 2.75) is 19.5 Å². The normalized spacial score (nSPS) is 10.5. The predicted molar refractivity (Wildman–Crippen MR) is 106 cm³/mol. The summed E-state index contributed by atoms with van der Waals surface area (Å²) < 4.78 is 15.2. The van der Waals surface area contributed by atoms with Gasteiger partial charge in [-0.3, -0.25) is 0 Å². The van der Waals surface area contributed by atoms with Gasteiger partial charge < -0.3 is 14.8 Å². The van der Waals surface area contributed by atoms with Crippen LogP contribution in [0.1, 0.15) is 12.0 Å². The fourth-order valence-electron chi connectivity index (χ4n) is 2.65. The molecule has 26 heavy (non-hydrogen) atoms. The van der Waals surface area contributed by atoms with E-state index >= 15 is 0 Å². The highest BCUT2D eigenvalue weighted by molar-refractivity contribution is 7.80. The standard InChI is InChI=1S/C20H21FN4S/c21-18-9-7-17(8-10-18)15-25(13-4-12-24-14-11-22-16-24)20(26)23-19-5-2-1-3-6-19/h1-3,5-11,14,16H,4,12-13,15H2,(H,23,26). The van der Waals surface area contributed by atoms with Crippen molar-refractivity contribution in [2.75, 3.05) is 11.9 Å². The molecule has 0 spiro atoms. The van der Waals surface area contributed by atoms with Crippen molar-refractivity contribution in [3.05, 3.63) is 84.7 Å². The molecule has 2 aromatic carbocycles. The lowest BCUT2D eigenvalue weighted by Crippen LogP contribution is -2.35. The van der Waals surface area contributed by atoms with Gasteiger partial charge in [-0.25, -0.2) is 9.37 Å². The lowest BCUT2D eigenvalue weighted by Gasteiger charge is -2.26. The molecule has 0 aliphatic carbocycles. The van der Waals surface area contributed by atoms with Crippen LogP contribution in [0.5, 0.6) is 0 Å². The second kappa shape index (κ2) is 9.10. The summed E-state index contributed by atoms with van der Waals surface area (Å²) in [6.07, 6.45) is 6.46. The molecule has 0 amide bonds. The maximum Gasteiger partial charge on any atom is 0.173 e. The van der Waals surface area contributed by atoms with Gasteiger partial charge in [-0.05, 0) is 48.5 Å². The van der Waals surface area contributed by atoms with E-state index in [1.165, 1.54) is 12.1 Å². The highest BCUT2D eigenvalue weighted by Crippen LogP contribution is 2.12. The van der Waals surface area contributed by atoms with Crippen molar-refractivity contribution in [2.24, 2.45) is 0 Å². The zero-order valence-electron chi connectivity index (χ0n) is 14.4. The number of rotatable bonds is 7. The van der Waals surface area contributed by atoms with Crippen molar-refractivity contribution in [1.82, 2.24) is 14.5 Å². The van der Waals surface area contributed by atoms with Crippen LogP contribution in [0.2, 0.25) is 0 Å². The first-order valence-electron chi connectivity index (χ1n) is 8.52. The second-order valence-electron chi connectivity index (χ2n) is 6.00. The Morgan fingerprint density at radius 2 is 1.88 bits per heavy atom. The minimum absolute atomic E-state index is 0.231. The third kappa shape index (κ3) is 5.39. The minimum atomic E-state index is -0.231. The molecule has 0 aliphatic heterocycles. The zero-order valence-corrected chi connectivity index (χ0v) is 15.2. The fraction of sp³-hybridized carbons (Fsp3) is 0.200. The van der Waals surface area contributed by atoms with Gasteiger partial charge in [0.25, 0.3) is 0 Å². The van der Waals surface area contributed by atoms with Crippen LogP contribution < -0.4 is 5.32 Å². The highest BCUT2D eigenvalue weighted by Gasteiger charge is 2.11. The summed E-state index contributed by atoms with van der Waals surface area (Å²) in [5.41, 5.74) is 1.97. The van der Waals surface area contributed by atoms with Crippen LogP contribution in [0.3, 0.4) is 0 Å². The first-order valence-corrected chi connectivity index (χ1v) is 8.93. The van der Waals surface area contributed by atoms with E-state index in [0.29, 0.717) is 11.7 Å². The number of nitrogens with zero attached hydrogens (tertiary/aromatic N) is 3. The van der Waals surface area contributed by atoms with Crippen molar-refractivity contribution < 1.29 is 4.39 Å². The Bertz CT molecular complexity index is 804. The minimum Gasteiger partial charge on any atom is -0.345 e. The average Bonchev–Trinajstić information content (AvgIpc) is 3.17. The number of nitrogens with one attached hydrogen (secondary N) is 1. The molecule has 0 atom stereocenters. The number of thiocarbonyl (C=S) groups is 1. The van der Waals surface area contributed by atoms with Crippen LogP contribution in [0.25, 0.3) is 0 Å². The number of imidazole rings is 1. The van der Waals surface area contributed by atoms with Crippen LogP contribution in [0.4, 0.5) is 10.1 Å². The number of aryl methyl sites for hydroxylation is 1. The first kappa shape index (κ1) is 18.1. The third-order valence-electron chi connectivity index (χ3n) is 4.00. The molecule has 0 bridgehead atoms. The molecule has 134 valence electrons. The molecule has 1 heterocycles. The quantitative estimate of drug-likeness (QED) is 0.630. The van der Waals surface area contributed by atoms with Crippen LogP contribution >= 0.6 is 12.2 Å². The smallest absolute Gasteiger partial charge is 0.173 e. The Hall–Kier alpha value is -2.73. The van der Waals surface area contributed by atoms with Crippen LogP contribution in [0.15, 0.2) is 73.3 Å². The van der Waals surface area contributed by atoms with Gasteiger partial charge >= 0.3 is 0 Å². The summed E-state index contributed by atoms with van der Waals surface area (Å²) in [5.74, 6) is -0.231. The third-order valence-corrected chi connectivity index (χ3v) is 4.36. The molecule has 0 radical (unpaired) electrons. The van der Waals surface area contributed by atoms with E-state index < -0.39 is 0 Å². The van der Waals surface area contributed by atoms with Gasteiger partial charge in [0, 0.05) is 37.7 Å². The van der Waals surface area contributed by atoms with Gasteiger partial charge in [0.2, 0.25) is 0 Å². The lowest BCUT2D eigenvalue weighted by molar-refractivity contribution is 0.395. The van der Waals surface area contributed by atoms with E-state index in [1.807, 2.05) is 47.4 Å². The SMILES string of the molecule is Fc1ccc(CN(CCCn2ccnc2)C(=S)Nc2ccccc2)cc1. The van der Waals surface area contributed by atoms with Gasteiger partial charge in [0.15, 0.2) is 5.11 Å². The number of hydrogen-bond donors (Lipinski definition) is 1. The maximum atomic E-state index is 13.2. The summed E-state index contributed by atoms with van der Waals surface area (Å²) in [4.78, 5) is 6.17. The van der Waals surface area contributed by atoms with Gasteiger partial charge in [-0.2, -0.15) is 0 Å². The molecular formula is C20H21FN4S. The Morgan fingerprint density at radius 3 is 2.58 bits per heavy atom. The molecule has 0 saturated carbocycles. The van der Waals surface area contributed by atoms with Gasteiger partial charge in [0.1, 0.15) is 5.82 Å². The van der Waals surface area contributed by atoms with Gasteiger partial charge in [-0.1, -0.05) is 30.3 Å². The summed E-state index contributed by atoms with van der Waals surface area (Å²) in [7, 11) is 0. The summed E-state index contributed by atoms with van der Waals surface area (Å²) in [6, 6.07) is 16.4. The molecular weight excluding hydrogens is 347 g/mol. The first-order chi connectivity index (χ1) is 12.7. The number of para-hydroxylation sites is 1. The molecule has 0 unspecified atom stereocenters. The molecule has 3 aromatic rings. The largest absolute Gasteiger partial charge is 0.345 e. The second-order valence-corrected chi connectivity index (χ2v) is 6.38. The number of aromatic nitrogens is 2. The van der Waals surface area contributed by atoms with Crippen molar-refractivity contribution >= 4 is 23.0 Å². The van der Waals surface area contributed by atoms with Crippen molar-refractivity contribution in [3.8, 4) is 0 Å². The molecule has 6 heteroatoms. The fourth-order valence-corrected chi connectivity index (χ4v) is 2.92. The molecule has 1 aromatic heterocycles. The van der Waals surface area contributed by atoms with E-state index in [2.05, 4.69) is 15.2 Å². The monoisotopic (exact) mass is 368 g/mol. The predicted octanol–water partition coefficient (Wildman–Crippen LogP) is 4.31. The topological polar surface area (TPSA) is 33.1 Å². The molecule has 3 rings (SSSR count). The number of benzene rings is 2. The number of hydrogen-bond acceptors (Lipinski definition) is 2. The lowest BCUT2D eigenvalue weighted by atomic mass is 10.2. The van der Waals surface area contributed by atoms with E-state index in [0.717, 1.165) is 30.8 Å². The summed E-state index contributed by atoms with van der Waals surface area (Å²) in [5, 5.41) is 3.94. The highest BCUT2D eigenvalue weighted by atomic mass is 32.1. The van der Waals surface area contributed by atoms with Crippen LogP contribution in [0, 0.1) is 5.82 Å². The summed E-state index contributed by atoms with van der Waals surface area (Å²) >= 11 is 5.62. The van der Waals surface area contributed by atoms with E-state index in [1.54, 1.807) is 18.3 Å². The van der Waals surface area contributed by atoms with E-state index in [4.69, 9.17) is 12.2 Å². The Labute approximate surface area is 158 Å². The Kier molecular flexibility index (Phi) is 6.33. The molecule has 0 saturated heterocycles. The molecule has 0 fully saturated rings. The van der Waals surface area contributed by atoms with Crippen LogP contribution in [-0.2, 0) is 13.1 Å². The van der Waals surface area contributed by atoms with E-state index in [-0.39, 0.29) is 5.82 Å². The molecule has 1 N–H and O–H groups in total. The van der Waals surface area contributed by atoms with Crippen molar-refractivity contribution in [3.63, 3.8) is 0 Å². The number of anilines is 1. The average molecular weight is 368 g/mol. The summed E-state index contributed by atoms with van der Waals surface area (Å²) in [6.45, 7) is 2.28. The Morgan fingerprint density at radius 1 is 1.12 bits per heavy atom. The zero-order chi connectivity index (χ0) is 18.2. The molecule has 0 aliphatic rings. The van der Waals surface area contributed by atoms with Crippen molar-refractivity contribution in [1.29, 1.82) is 0 Å². The van der Waals surface area contributed by atoms with Gasteiger partial charge in [-0.15, -0.1) is 0 Å². The Balaban J connectivity index is 1.65. The van der Waals surface area contributed by atoms with E-state index in [9.17, 15) is 4.39 Å².